The van der Waals surface area contributed by atoms with E-state index in [2.05, 4.69) is 36.0 Å². The number of hydrogen-bond donors (Lipinski definition) is 2. The van der Waals surface area contributed by atoms with Gasteiger partial charge in [0.25, 0.3) is 0 Å². The van der Waals surface area contributed by atoms with Crippen molar-refractivity contribution >= 4 is 5.96 Å². The number of aliphatic imine (C=N–C) groups is 1. The molecule has 0 saturated carbocycles. The molecule has 0 aromatic heterocycles. The first kappa shape index (κ1) is 13.3. The SMILES string of the molecule is CCCN1CCC(CN=C(N)NC(C)C)C1. The van der Waals surface area contributed by atoms with Crippen LogP contribution in [0.1, 0.15) is 33.6 Å². The van der Waals surface area contributed by atoms with Crippen LogP contribution in [0.4, 0.5) is 0 Å². The van der Waals surface area contributed by atoms with Crippen molar-refractivity contribution in [3.63, 3.8) is 0 Å². The van der Waals surface area contributed by atoms with Crippen LogP contribution < -0.4 is 11.1 Å². The molecule has 1 fully saturated rings. The minimum Gasteiger partial charge on any atom is -0.370 e. The average molecular weight is 226 g/mol. The summed E-state index contributed by atoms with van der Waals surface area (Å²) in [7, 11) is 0. The Kier molecular flexibility index (Phi) is 5.60. The third-order valence-electron chi connectivity index (χ3n) is 2.87. The van der Waals surface area contributed by atoms with Gasteiger partial charge in [-0.2, -0.15) is 0 Å². The van der Waals surface area contributed by atoms with Crippen LogP contribution in [0.25, 0.3) is 0 Å². The molecule has 0 aromatic rings. The smallest absolute Gasteiger partial charge is 0.188 e. The van der Waals surface area contributed by atoms with Crippen LogP contribution in [0, 0.1) is 5.92 Å². The molecule has 3 N–H and O–H groups in total. The predicted molar refractivity (Wildman–Crippen MR) is 69.6 cm³/mol. The lowest BCUT2D eigenvalue weighted by molar-refractivity contribution is 0.326. The molecule has 94 valence electrons. The van der Waals surface area contributed by atoms with E-state index in [1.165, 1.54) is 32.5 Å². The Balaban J connectivity index is 2.23. The van der Waals surface area contributed by atoms with Crippen LogP contribution in [-0.2, 0) is 0 Å². The highest BCUT2D eigenvalue weighted by molar-refractivity contribution is 5.78. The van der Waals surface area contributed by atoms with Crippen molar-refractivity contribution in [1.29, 1.82) is 0 Å². The first-order valence-corrected chi connectivity index (χ1v) is 6.40. The molecular weight excluding hydrogens is 200 g/mol. The van der Waals surface area contributed by atoms with Crippen LogP contribution in [-0.4, -0.2) is 43.1 Å². The Morgan fingerprint density at radius 2 is 2.31 bits per heavy atom. The molecule has 4 heteroatoms. The highest BCUT2D eigenvalue weighted by Crippen LogP contribution is 2.16. The van der Waals surface area contributed by atoms with Crippen LogP contribution >= 0.6 is 0 Å². The molecule has 1 saturated heterocycles. The van der Waals surface area contributed by atoms with Crippen LogP contribution in [0.15, 0.2) is 4.99 Å². The second-order valence-electron chi connectivity index (χ2n) is 4.98. The maximum atomic E-state index is 5.77. The highest BCUT2D eigenvalue weighted by Gasteiger charge is 2.21. The van der Waals surface area contributed by atoms with E-state index in [0.717, 1.165) is 6.54 Å². The number of likely N-dealkylation sites (tertiary alicyclic amines) is 1. The minimum absolute atomic E-state index is 0.365. The van der Waals surface area contributed by atoms with E-state index in [4.69, 9.17) is 5.73 Å². The fraction of sp³-hybridized carbons (Fsp3) is 0.917. The third kappa shape index (κ3) is 4.84. The van der Waals surface area contributed by atoms with E-state index in [9.17, 15) is 0 Å². The number of rotatable bonds is 5. The van der Waals surface area contributed by atoms with E-state index in [0.29, 0.717) is 17.9 Å². The lowest BCUT2D eigenvalue weighted by atomic mass is 10.1. The van der Waals surface area contributed by atoms with E-state index in [-0.39, 0.29) is 0 Å². The standard InChI is InChI=1S/C12H26N4/c1-4-6-16-7-5-11(9-16)8-14-12(13)15-10(2)3/h10-11H,4-9H2,1-3H3,(H3,13,14,15). The van der Waals surface area contributed by atoms with Crippen molar-refractivity contribution in [2.75, 3.05) is 26.2 Å². The maximum absolute atomic E-state index is 5.77. The van der Waals surface area contributed by atoms with E-state index in [1.54, 1.807) is 0 Å². The fourth-order valence-corrected chi connectivity index (χ4v) is 2.15. The first-order chi connectivity index (χ1) is 7.61. The van der Waals surface area contributed by atoms with Gasteiger partial charge in [-0.05, 0) is 45.7 Å². The molecule has 16 heavy (non-hydrogen) atoms. The first-order valence-electron chi connectivity index (χ1n) is 6.40. The summed E-state index contributed by atoms with van der Waals surface area (Å²) in [4.78, 5) is 6.92. The number of guanidine groups is 1. The lowest BCUT2D eigenvalue weighted by Gasteiger charge is -2.14. The molecule has 1 aliphatic heterocycles. The Hall–Kier alpha value is -0.770. The largest absolute Gasteiger partial charge is 0.370 e. The van der Waals surface area contributed by atoms with Crippen molar-refractivity contribution in [3.05, 3.63) is 0 Å². The Labute approximate surface area is 99.3 Å². The Morgan fingerprint density at radius 1 is 1.56 bits per heavy atom. The molecule has 0 radical (unpaired) electrons. The monoisotopic (exact) mass is 226 g/mol. The second kappa shape index (κ2) is 6.74. The summed E-state index contributed by atoms with van der Waals surface area (Å²) in [5.74, 6) is 1.28. The quantitative estimate of drug-likeness (QED) is 0.544. The Bertz CT molecular complexity index is 225. The summed E-state index contributed by atoms with van der Waals surface area (Å²) in [5, 5.41) is 3.12. The number of nitrogens with zero attached hydrogens (tertiary/aromatic N) is 2. The van der Waals surface area contributed by atoms with Gasteiger partial charge in [-0.1, -0.05) is 6.92 Å². The van der Waals surface area contributed by atoms with Gasteiger partial charge in [0.2, 0.25) is 0 Å². The van der Waals surface area contributed by atoms with Gasteiger partial charge in [-0.3, -0.25) is 4.99 Å². The van der Waals surface area contributed by atoms with Crippen LogP contribution in [0.2, 0.25) is 0 Å². The number of nitrogens with two attached hydrogens (primary N) is 1. The third-order valence-corrected chi connectivity index (χ3v) is 2.87. The summed E-state index contributed by atoms with van der Waals surface area (Å²) < 4.78 is 0. The molecular formula is C12H26N4. The van der Waals surface area contributed by atoms with Gasteiger partial charge >= 0.3 is 0 Å². The predicted octanol–water partition coefficient (Wildman–Crippen LogP) is 1.03. The topological polar surface area (TPSA) is 53.6 Å². The zero-order chi connectivity index (χ0) is 12.0. The van der Waals surface area contributed by atoms with Gasteiger partial charge in [0, 0.05) is 19.1 Å². The molecule has 0 bridgehead atoms. The summed E-state index contributed by atoms with van der Waals surface area (Å²) in [5.41, 5.74) is 5.77. The van der Waals surface area contributed by atoms with Gasteiger partial charge in [0.1, 0.15) is 0 Å². The molecule has 4 nitrogen and oxygen atoms in total. The van der Waals surface area contributed by atoms with Crippen molar-refractivity contribution in [3.8, 4) is 0 Å². The van der Waals surface area contributed by atoms with Crippen LogP contribution in [0.5, 0.6) is 0 Å². The number of hydrogen-bond acceptors (Lipinski definition) is 2. The zero-order valence-electron chi connectivity index (χ0n) is 10.9. The number of nitrogens with one attached hydrogen (secondary N) is 1. The lowest BCUT2D eigenvalue weighted by Crippen LogP contribution is -2.37. The molecule has 1 aliphatic rings. The van der Waals surface area contributed by atoms with E-state index in [1.807, 2.05) is 0 Å². The van der Waals surface area contributed by atoms with Gasteiger partial charge in [-0.25, -0.2) is 0 Å². The maximum Gasteiger partial charge on any atom is 0.188 e. The minimum atomic E-state index is 0.365. The van der Waals surface area contributed by atoms with E-state index < -0.39 is 0 Å². The van der Waals surface area contributed by atoms with Crippen molar-refractivity contribution in [1.82, 2.24) is 10.2 Å². The normalized spacial score (nSPS) is 23.0. The van der Waals surface area contributed by atoms with Gasteiger partial charge < -0.3 is 16.0 Å². The van der Waals surface area contributed by atoms with Gasteiger partial charge in [-0.15, -0.1) is 0 Å². The summed E-state index contributed by atoms with van der Waals surface area (Å²) in [6, 6.07) is 0.365. The van der Waals surface area contributed by atoms with Crippen molar-refractivity contribution in [2.24, 2.45) is 16.6 Å². The Morgan fingerprint density at radius 3 is 2.94 bits per heavy atom. The molecule has 1 atom stereocenters. The molecule has 1 heterocycles. The van der Waals surface area contributed by atoms with Crippen molar-refractivity contribution in [2.45, 2.75) is 39.7 Å². The van der Waals surface area contributed by atoms with Gasteiger partial charge in [0.15, 0.2) is 5.96 Å². The average Bonchev–Trinajstić information content (AvgIpc) is 2.62. The molecule has 0 aromatic carbocycles. The molecule has 0 amide bonds. The van der Waals surface area contributed by atoms with Crippen molar-refractivity contribution < 1.29 is 0 Å². The molecule has 1 rings (SSSR count). The molecule has 0 aliphatic carbocycles. The highest BCUT2D eigenvalue weighted by atomic mass is 15.2. The van der Waals surface area contributed by atoms with Gasteiger partial charge in [0.05, 0.1) is 0 Å². The fourth-order valence-electron chi connectivity index (χ4n) is 2.15. The summed E-state index contributed by atoms with van der Waals surface area (Å²) >= 11 is 0. The van der Waals surface area contributed by atoms with Crippen LogP contribution in [0.3, 0.4) is 0 Å². The molecule has 1 unspecified atom stereocenters. The summed E-state index contributed by atoms with van der Waals surface area (Å²) in [6.07, 6.45) is 2.51. The second-order valence-corrected chi connectivity index (χ2v) is 4.98. The zero-order valence-corrected chi connectivity index (χ0v) is 10.9. The summed E-state index contributed by atoms with van der Waals surface area (Å²) in [6.45, 7) is 10.9. The molecule has 0 spiro atoms. The van der Waals surface area contributed by atoms with E-state index >= 15 is 0 Å².